The van der Waals surface area contributed by atoms with Gasteiger partial charge in [-0.05, 0) is 25.8 Å². The minimum absolute atomic E-state index is 0.392. The summed E-state index contributed by atoms with van der Waals surface area (Å²) in [6, 6.07) is 0.454. The van der Waals surface area contributed by atoms with E-state index in [0.717, 1.165) is 19.5 Å². The van der Waals surface area contributed by atoms with Gasteiger partial charge in [-0.3, -0.25) is 4.90 Å². The molecule has 1 aliphatic rings. The van der Waals surface area contributed by atoms with E-state index in [0.29, 0.717) is 31.7 Å². The molecule has 0 bridgehead atoms. The van der Waals surface area contributed by atoms with Crippen LogP contribution >= 0.6 is 0 Å². The Kier molecular flexibility index (Phi) is 5.36. The fraction of sp³-hybridized carbons (Fsp3) is 0.786. The van der Waals surface area contributed by atoms with Crippen molar-refractivity contribution in [3.63, 3.8) is 0 Å². The molecule has 0 saturated carbocycles. The second-order valence-corrected chi connectivity index (χ2v) is 5.42. The number of ether oxygens (including phenoxy) is 1. The van der Waals surface area contributed by atoms with E-state index in [-0.39, 0.29) is 0 Å². The first-order valence-electron chi connectivity index (χ1n) is 7.16. The topological polar surface area (TPSA) is 50.5 Å². The molecule has 0 radical (unpaired) electrons. The lowest BCUT2D eigenvalue weighted by Crippen LogP contribution is -2.44. The van der Waals surface area contributed by atoms with Crippen LogP contribution < -0.4 is 0 Å². The van der Waals surface area contributed by atoms with E-state index < -0.39 is 6.10 Å². The summed E-state index contributed by atoms with van der Waals surface area (Å²) in [5.41, 5.74) is 0. The van der Waals surface area contributed by atoms with Crippen molar-refractivity contribution in [2.75, 3.05) is 32.8 Å². The molecule has 0 aromatic carbocycles. The Hall–Kier alpha value is -0.910. The molecule has 0 amide bonds. The molecule has 1 fully saturated rings. The van der Waals surface area contributed by atoms with Crippen LogP contribution in [0.25, 0.3) is 0 Å². The molecule has 5 heteroatoms. The van der Waals surface area contributed by atoms with E-state index >= 15 is 0 Å². The first-order chi connectivity index (χ1) is 9.20. The molecule has 1 N–H and O–H groups in total. The molecule has 19 heavy (non-hydrogen) atoms. The van der Waals surface area contributed by atoms with E-state index in [2.05, 4.69) is 21.4 Å². The van der Waals surface area contributed by atoms with Crippen molar-refractivity contribution in [2.24, 2.45) is 5.92 Å². The van der Waals surface area contributed by atoms with Crippen LogP contribution in [0, 0.1) is 5.92 Å². The molecular formula is C14H25N3O2. The predicted octanol–water partition coefficient (Wildman–Crippen LogP) is 1.16. The summed E-state index contributed by atoms with van der Waals surface area (Å²) in [6.07, 6.45) is 6.51. The van der Waals surface area contributed by atoms with E-state index in [1.165, 1.54) is 0 Å². The summed E-state index contributed by atoms with van der Waals surface area (Å²) in [5, 5.41) is 9.93. The van der Waals surface area contributed by atoms with E-state index in [4.69, 9.17) is 4.74 Å². The highest BCUT2D eigenvalue weighted by atomic mass is 16.5. The second-order valence-electron chi connectivity index (χ2n) is 5.42. The average Bonchev–Trinajstić information content (AvgIpc) is 2.92. The first-order valence-corrected chi connectivity index (χ1v) is 7.16. The van der Waals surface area contributed by atoms with Crippen LogP contribution in [0.2, 0.25) is 0 Å². The molecule has 3 atom stereocenters. The van der Waals surface area contributed by atoms with Crippen molar-refractivity contribution in [1.29, 1.82) is 0 Å². The van der Waals surface area contributed by atoms with Crippen molar-refractivity contribution in [2.45, 2.75) is 32.4 Å². The standard InChI is InChI=1S/C14H25N3O2/c1-3-19-10-13(18)8-16-6-4-12(2)14(9-16)17-7-5-15-11-17/h5,7,11-14,18H,3-4,6,8-10H2,1-2H3. The van der Waals surface area contributed by atoms with Crippen molar-refractivity contribution < 1.29 is 9.84 Å². The van der Waals surface area contributed by atoms with Gasteiger partial charge in [0.2, 0.25) is 0 Å². The Morgan fingerprint density at radius 1 is 1.53 bits per heavy atom. The Bertz CT molecular complexity index is 356. The lowest BCUT2D eigenvalue weighted by molar-refractivity contribution is 0.00858. The number of piperidine rings is 1. The summed E-state index contributed by atoms with van der Waals surface area (Å²) in [5.74, 6) is 0.648. The lowest BCUT2D eigenvalue weighted by atomic mass is 9.93. The van der Waals surface area contributed by atoms with Crippen molar-refractivity contribution in [3.05, 3.63) is 18.7 Å². The molecule has 2 heterocycles. The van der Waals surface area contributed by atoms with E-state index in [9.17, 15) is 5.11 Å². The van der Waals surface area contributed by atoms with Crippen LogP contribution in [-0.4, -0.2) is 58.5 Å². The summed E-state index contributed by atoms with van der Waals surface area (Å²) in [4.78, 5) is 6.46. The van der Waals surface area contributed by atoms with Gasteiger partial charge in [0.25, 0.3) is 0 Å². The summed E-state index contributed by atoms with van der Waals surface area (Å²) >= 11 is 0. The Morgan fingerprint density at radius 3 is 3.05 bits per heavy atom. The molecule has 3 unspecified atom stereocenters. The smallest absolute Gasteiger partial charge is 0.0949 e. The van der Waals surface area contributed by atoms with E-state index in [1.807, 2.05) is 25.6 Å². The zero-order chi connectivity index (χ0) is 13.7. The first kappa shape index (κ1) is 14.5. The maximum Gasteiger partial charge on any atom is 0.0949 e. The molecule has 2 rings (SSSR count). The fourth-order valence-corrected chi connectivity index (χ4v) is 2.74. The molecule has 0 spiro atoms. The minimum Gasteiger partial charge on any atom is -0.389 e. The largest absolute Gasteiger partial charge is 0.389 e. The molecule has 1 aliphatic heterocycles. The SMILES string of the molecule is CCOCC(O)CN1CCC(C)C(n2ccnc2)C1. The summed E-state index contributed by atoms with van der Waals surface area (Å²) in [7, 11) is 0. The van der Waals surface area contributed by atoms with Crippen LogP contribution in [0.3, 0.4) is 0 Å². The van der Waals surface area contributed by atoms with Gasteiger partial charge in [0.05, 0.1) is 19.0 Å². The molecule has 5 nitrogen and oxygen atoms in total. The molecule has 1 saturated heterocycles. The van der Waals surface area contributed by atoms with Crippen molar-refractivity contribution in [3.8, 4) is 0 Å². The Balaban J connectivity index is 1.87. The van der Waals surface area contributed by atoms with Gasteiger partial charge in [-0.25, -0.2) is 4.98 Å². The zero-order valence-corrected chi connectivity index (χ0v) is 11.9. The number of hydrogen-bond acceptors (Lipinski definition) is 4. The number of imidazole rings is 1. The quantitative estimate of drug-likeness (QED) is 0.840. The highest BCUT2D eigenvalue weighted by molar-refractivity contribution is 4.88. The molecule has 1 aromatic rings. The molecule has 1 aromatic heterocycles. The second kappa shape index (κ2) is 7.03. The maximum absolute atomic E-state index is 9.93. The van der Waals surface area contributed by atoms with Gasteiger partial charge in [-0.15, -0.1) is 0 Å². The van der Waals surface area contributed by atoms with Crippen LogP contribution in [0.5, 0.6) is 0 Å². The average molecular weight is 267 g/mol. The third kappa shape index (κ3) is 4.03. The number of hydrogen-bond donors (Lipinski definition) is 1. The van der Waals surface area contributed by atoms with E-state index in [1.54, 1.807) is 0 Å². The molecule has 0 aliphatic carbocycles. The minimum atomic E-state index is -0.392. The van der Waals surface area contributed by atoms with Gasteiger partial charge in [0.1, 0.15) is 0 Å². The molecule has 108 valence electrons. The summed E-state index contributed by atoms with van der Waals surface area (Å²) in [6.45, 7) is 8.04. The number of β-amino-alcohol motifs (C(OH)–C–C–N with tert-alkyl or cyclic N) is 1. The maximum atomic E-state index is 9.93. The zero-order valence-electron chi connectivity index (χ0n) is 11.9. The van der Waals surface area contributed by atoms with Gasteiger partial charge in [0, 0.05) is 38.1 Å². The Labute approximate surface area is 115 Å². The lowest BCUT2D eigenvalue weighted by Gasteiger charge is -2.38. The van der Waals surface area contributed by atoms with Crippen LogP contribution in [0.4, 0.5) is 0 Å². The van der Waals surface area contributed by atoms with Crippen molar-refractivity contribution in [1.82, 2.24) is 14.5 Å². The normalized spacial score (nSPS) is 26.5. The molecular weight excluding hydrogens is 242 g/mol. The van der Waals surface area contributed by atoms with Crippen LogP contribution in [-0.2, 0) is 4.74 Å². The third-order valence-corrected chi connectivity index (χ3v) is 3.89. The Morgan fingerprint density at radius 2 is 2.37 bits per heavy atom. The number of aromatic nitrogens is 2. The highest BCUT2D eigenvalue weighted by Gasteiger charge is 2.28. The van der Waals surface area contributed by atoms with Crippen molar-refractivity contribution >= 4 is 0 Å². The number of aliphatic hydroxyl groups is 1. The predicted molar refractivity (Wildman–Crippen MR) is 74.0 cm³/mol. The van der Waals surface area contributed by atoms with Gasteiger partial charge < -0.3 is 14.4 Å². The number of rotatable bonds is 6. The summed E-state index contributed by atoms with van der Waals surface area (Å²) < 4.78 is 7.45. The van der Waals surface area contributed by atoms with Gasteiger partial charge in [-0.1, -0.05) is 6.92 Å². The number of aliphatic hydroxyl groups excluding tert-OH is 1. The van der Waals surface area contributed by atoms with Crippen LogP contribution in [0.1, 0.15) is 26.3 Å². The third-order valence-electron chi connectivity index (χ3n) is 3.89. The number of nitrogens with zero attached hydrogens (tertiary/aromatic N) is 3. The number of likely N-dealkylation sites (tertiary alicyclic amines) is 1. The van der Waals surface area contributed by atoms with Gasteiger partial charge in [0.15, 0.2) is 0 Å². The van der Waals surface area contributed by atoms with Crippen LogP contribution in [0.15, 0.2) is 18.7 Å². The monoisotopic (exact) mass is 267 g/mol. The fourth-order valence-electron chi connectivity index (χ4n) is 2.74. The van der Waals surface area contributed by atoms with Gasteiger partial charge >= 0.3 is 0 Å². The van der Waals surface area contributed by atoms with Gasteiger partial charge in [-0.2, -0.15) is 0 Å². The highest BCUT2D eigenvalue weighted by Crippen LogP contribution is 2.27.